The third kappa shape index (κ3) is 2.12. The lowest BCUT2D eigenvalue weighted by Gasteiger charge is -2.08. The van der Waals surface area contributed by atoms with Crippen molar-refractivity contribution in [1.82, 2.24) is 9.55 Å². The van der Waals surface area contributed by atoms with Crippen molar-refractivity contribution >= 4 is 5.82 Å². The SMILES string of the molecule is COCc1ccccc1-c1nc(C)n(C2CC2)c1N. The first-order valence-corrected chi connectivity index (χ1v) is 6.64. The lowest BCUT2D eigenvalue weighted by atomic mass is 10.1. The van der Waals surface area contributed by atoms with Crippen LogP contribution in [0.4, 0.5) is 5.82 Å². The first-order chi connectivity index (χ1) is 9.22. The molecule has 3 rings (SSSR count). The van der Waals surface area contributed by atoms with Gasteiger partial charge in [0.2, 0.25) is 0 Å². The number of ether oxygens (including phenoxy) is 1. The Kier molecular flexibility index (Phi) is 3.03. The second-order valence-corrected chi connectivity index (χ2v) is 5.08. The normalized spacial score (nSPS) is 14.8. The van der Waals surface area contributed by atoms with Crippen molar-refractivity contribution in [3.05, 3.63) is 35.7 Å². The van der Waals surface area contributed by atoms with Gasteiger partial charge in [0.05, 0.1) is 6.61 Å². The van der Waals surface area contributed by atoms with Crippen molar-refractivity contribution in [3.63, 3.8) is 0 Å². The Morgan fingerprint density at radius 3 is 2.79 bits per heavy atom. The van der Waals surface area contributed by atoms with Gasteiger partial charge in [0.15, 0.2) is 0 Å². The van der Waals surface area contributed by atoms with Gasteiger partial charge in [-0.2, -0.15) is 0 Å². The molecule has 1 heterocycles. The summed E-state index contributed by atoms with van der Waals surface area (Å²) in [5.74, 6) is 1.78. The van der Waals surface area contributed by atoms with Crippen molar-refractivity contribution < 1.29 is 4.74 Å². The molecule has 4 nitrogen and oxygen atoms in total. The molecule has 1 aromatic heterocycles. The second kappa shape index (κ2) is 4.70. The first-order valence-electron chi connectivity index (χ1n) is 6.64. The maximum Gasteiger partial charge on any atom is 0.131 e. The van der Waals surface area contributed by atoms with Gasteiger partial charge < -0.3 is 15.0 Å². The largest absolute Gasteiger partial charge is 0.383 e. The van der Waals surface area contributed by atoms with Crippen LogP contribution < -0.4 is 5.73 Å². The highest BCUT2D eigenvalue weighted by atomic mass is 16.5. The molecule has 100 valence electrons. The van der Waals surface area contributed by atoms with Crippen LogP contribution in [0.3, 0.4) is 0 Å². The first kappa shape index (κ1) is 12.2. The Morgan fingerprint density at radius 1 is 1.37 bits per heavy atom. The van der Waals surface area contributed by atoms with Crippen molar-refractivity contribution in [2.75, 3.05) is 12.8 Å². The number of anilines is 1. The van der Waals surface area contributed by atoms with Gasteiger partial charge in [0, 0.05) is 18.7 Å². The van der Waals surface area contributed by atoms with E-state index in [1.165, 1.54) is 12.8 Å². The van der Waals surface area contributed by atoms with Crippen LogP contribution in [0.1, 0.15) is 30.3 Å². The minimum atomic E-state index is 0.552. The molecule has 1 fully saturated rings. The average Bonchev–Trinajstić information content (AvgIpc) is 3.18. The van der Waals surface area contributed by atoms with Crippen LogP contribution in [0.5, 0.6) is 0 Å². The lowest BCUT2D eigenvalue weighted by Crippen LogP contribution is -2.02. The number of nitrogens with zero attached hydrogens (tertiary/aromatic N) is 2. The van der Waals surface area contributed by atoms with Crippen molar-refractivity contribution in [1.29, 1.82) is 0 Å². The fourth-order valence-corrected chi connectivity index (χ4v) is 2.59. The molecule has 2 N–H and O–H groups in total. The zero-order valence-corrected chi connectivity index (χ0v) is 11.4. The number of hydrogen-bond acceptors (Lipinski definition) is 3. The minimum Gasteiger partial charge on any atom is -0.383 e. The molecular weight excluding hydrogens is 238 g/mol. The number of benzene rings is 1. The van der Waals surface area contributed by atoms with Crippen LogP contribution in [-0.4, -0.2) is 16.7 Å². The molecule has 1 saturated carbocycles. The molecule has 0 atom stereocenters. The maximum atomic E-state index is 6.30. The zero-order valence-electron chi connectivity index (χ0n) is 11.4. The summed E-state index contributed by atoms with van der Waals surface area (Å²) in [7, 11) is 1.70. The van der Waals surface area contributed by atoms with Gasteiger partial charge >= 0.3 is 0 Å². The minimum absolute atomic E-state index is 0.552. The zero-order chi connectivity index (χ0) is 13.4. The molecule has 0 spiro atoms. The summed E-state index contributed by atoms with van der Waals surface area (Å²) in [6, 6.07) is 8.70. The van der Waals surface area contributed by atoms with E-state index in [0.717, 1.165) is 28.5 Å². The third-order valence-corrected chi connectivity index (χ3v) is 3.61. The number of nitrogen functional groups attached to an aromatic ring is 1. The fourth-order valence-electron chi connectivity index (χ4n) is 2.59. The maximum absolute atomic E-state index is 6.30. The van der Waals surface area contributed by atoms with E-state index >= 15 is 0 Å². The Balaban J connectivity index is 2.09. The topological polar surface area (TPSA) is 53.1 Å². The summed E-state index contributed by atoms with van der Waals surface area (Å²) in [4.78, 5) is 4.67. The molecule has 1 aliphatic carbocycles. The van der Waals surface area contributed by atoms with Crippen molar-refractivity contribution in [3.8, 4) is 11.3 Å². The highest BCUT2D eigenvalue weighted by Gasteiger charge is 2.29. The van der Waals surface area contributed by atoms with Gasteiger partial charge in [-0.05, 0) is 25.3 Å². The summed E-state index contributed by atoms with van der Waals surface area (Å²) in [6.07, 6.45) is 2.42. The Hall–Kier alpha value is -1.81. The van der Waals surface area contributed by atoms with Gasteiger partial charge in [-0.3, -0.25) is 0 Å². The van der Waals surface area contributed by atoms with E-state index in [4.69, 9.17) is 10.5 Å². The Labute approximate surface area is 113 Å². The molecule has 0 unspecified atom stereocenters. The highest BCUT2D eigenvalue weighted by Crippen LogP contribution is 2.41. The monoisotopic (exact) mass is 257 g/mol. The van der Waals surface area contributed by atoms with Gasteiger partial charge in [0.1, 0.15) is 17.3 Å². The summed E-state index contributed by atoms with van der Waals surface area (Å²) < 4.78 is 7.42. The van der Waals surface area contributed by atoms with Crippen LogP contribution in [0.25, 0.3) is 11.3 Å². The summed E-state index contributed by atoms with van der Waals surface area (Å²) in [6.45, 7) is 2.60. The fraction of sp³-hybridized carbons (Fsp3) is 0.400. The molecule has 19 heavy (non-hydrogen) atoms. The van der Waals surface area contributed by atoms with E-state index in [9.17, 15) is 0 Å². The molecule has 0 bridgehead atoms. The second-order valence-electron chi connectivity index (χ2n) is 5.08. The third-order valence-electron chi connectivity index (χ3n) is 3.61. The van der Waals surface area contributed by atoms with E-state index < -0.39 is 0 Å². The standard InChI is InChI=1S/C15H19N3O/c1-10-17-14(15(16)18(10)12-7-8-12)13-6-4-3-5-11(13)9-19-2/h3-6,12H,7-9,16H2,1-2H3. The number of methoxy groups -OCH3 is 1. The Bertz CT molecular complexity index is 599. The molecule has 4 heteroatoms. The molecule has 2 aromatic rings. The number of rotatable bonds is 4. The molecule has 0 radical (unpaired) electrons. The number of aromatic nitrogens is 2. The van der Waals surface area contributed by atoms with Gasteiger partial charge in [0.25, 0.3) is 0 Å². The average molecular weight is 257 g/mol. The van der Waals surface area contributed by atoms with Crippen LogP contribution in [0, 0.1) is 6.92 Å². The van der Waals surface area contributed by atoms with Crippen LogP contribution >= 0.6 is 0 Å². The van der Waals surface area contributed by atoms with Crippen LogP contribution in [0.2, 0.25) is 0 Å². The molecule has 1 aromatic carbocycles. The predicted octanol–water partition coefficient (Wildman–Crippen LogP) is 2.92. The van der Waals surface area contributed by atoms with Gasteiger partial charge in [-0.1, -0.05) is 24.3 Å². The quantitative estimate of drug-likeness (QED) is 0.916. The van der Waals surface area contributed by atoms with Gasteiger partial charge in [-0.25, -0.2) is 4.98 Å². The molecule has 0 amide bonds. The lowest BCUT2D eigenvalue weighted by molar-refractivity contribution is 0.185. The summed E-state index contributed by atoms with van der Waals surface area (Å²) >= 11 is 0. The van der Waals surface area contributed by atoms with Crippen LogP contribution in [0.15, 0.2) is 24.3 Å². The van der Waals surface area contributed by atoms with E-state index in [1.54, 1.807) is 7.11 Å². The molecular formula is C15H19N3O. The van der Waals surface area contributed by atoms with E-state index in [2.05, 4.69) is 21.7 Å². The summed E-state index contributed by atoms with van der Waals surface area (Å²) in [5, 5.41) is 0. The van der Waals surface area contributed by atoms with Crippen molar-refractivity contribution in [2.45, 2.75) is 32.4 Å². The number of hydrogen-bond donors (Lipinski definition) is 1. The van der Waals surface area contributed by atoms with Gasteiger partial charge in [-0.15, -0.1) is 0 Å². The Morgan fingerprint density at radius 2 is 2.11 bits per heavy atom. The molecule has 0 aliphatic heterocycles. The smallest absolute Gasteiger partial charge is 0.131 e. The van der Waals surface area contributed by atoms with Crippen LogP contribution in [-0.2, 0) is 11.3 Å². The summed E-state index contributed by atoms with van der Waals surface area (Å²) in [5.41, 5.74) is 9.38. The molecule has 0 saturated heterocycles. The molecule has 1 aliphatic rings. The highest BCUT2D eigenvalue weighted by molar-refractivity contribution is 5.74. The predicted molar refractivity (Wildman–Crippen MR) is 75.8 cm³/mol. The van der Waals surface area contributed by atoms with E-state index in [1.807, 2.05) is 19.1 Å². The number of nitrogens with two attached hydrogens (primary N) is 1. The van der Waals surface area contributed by atoms with E-state index in [-0.39, 0.29) is 0 Å². The van der Waals surface area contributed by atoms with E-state index in [0.29, 0.717) is 12.6 Å². The number of imidazole rings is 1. The van der Waals surface area contributed by atoms with Crippen molar-refractivity contribution in [2.24, 2.45) is 0 Å². The number of aryl methyl sites for hydroxylation is 1.